The van der Waals surface area contributed by atoms with E-state index in [1.165, 1.54) is 31.4 Å². The highest BCUT2D eigenvalue weighted by atomic mass is 19.1. The van der Waals surface area contributed by atoms with Crippen molar-refractivity contribution in [2.24, 2.45) is 5.92 Å². The Morgan fingerprint density at radius 1 is 1.13 bits per heavy atom. The van der Waals surface area contributed by atoms with E-state index in [2.05, 4.69) is 46.0 Å². The molecule has 7 nitrogen and oxygen atoms in total. The first kappa shape index (κ1) is 20.7. The van der Waals surface area contributed by atoms with Crippen molar-refractivity contribution in [2.45, 2.75) is 71.1 Å². The number of tetrazole rings is 1. The number of aromatic nitrogens is 6. The van der Waals surface area contributed by atoms with Crippen LogP contribution in [-0.4, -0.2) is 36.0 Å². The zero-order chi connectivity index (χ0) is 20.9. The molecule has 160 valence electrons. The van der Waals surface area contributed by atoms with E-state index in [0.717, 1.165) is 36.3 Å². The van der Waals surface area contributed by atoms with E-state index >= 15 is 0 Å². The third-order valence-electron chi connectivity index (χ3n) is 5.61. The van der Waals surface area contributed by atoms with Gasteiger partial charge in [-0.05, 0) is 46.9 Å². The normalized spacial score (nSPS) is 16.3. The average Bonchev–Trinajstić information content (AvgIpc) is 3.38. The molecule has 1 unspecified atom stereocenters. The highest BCUT2D eigenvalue weighted by molar-refractivity contribution is 5.21. The molecule has 1 atom stereocenters. The molecule has 4 rings (SSSR count). The first-order chi connectivity index (χ1) is 14.6. The van der Waals surface area contributed by atoms with Crippen molar-refractivity contribution in [1.82, 2.24) is 35.3 Å². The van der Waals surface area contributed by atoms with Gasteiger partial charge in [-0.2, -0.15) is 5.10 Å². The summed E-state index contributed by atoms with van der Waals surface area (Å²) in [6.07, 6.45) is 10.1. The van der Waals surface area contributed by atoms with Gasteiger partial charge in [-0.15, -0.1) is 5.10 Å². The third kappa shape index (κ3) is 5.11. The number of hydrogen-bond acceptors (Lipinski definition) is 5. The van der Waals surface area contributed by atoms with Crippen LogP contribution in [0.1, 0.15) is 68.9 Å². The lowest BCUT2D eigenvalue weighted by Crippen LogP contribution is -2.36. The highest BCUT2D eigenvalue weighted by Gasteiger charge is 2.26. The van der Waals surface area contributed by atoms with E-state index in [1.54, 1.807) is 16.8 Å². The summed E-state index contributed by atoms with van der Waals surface area (Å²) in [5, 5.41) is 20.9. The second-order valence-corrected chi connectivity index (χ2v) is 8.65. The van der Waals surface area contributed by atoms with Crippen molar-refractivity contribution in [1.29, 1.82) is 0 Å². The van der Waals surface area contributed by atoms with E-state index in [1.807, 2.05) is 10.9 Å². The molecule has 0 saturated heterocycles. The van der Waals surface area contributed by atoms with Crippen LogP contribution < -0.4 is 5.32 Å². The van der Waals surface area contributed by atoms with Gasteiger partial charge in [-0.3, -0.25) is 4.68 Å². The molecule has 8 heteroatoms. The Morgan fingerprint density at radius 3 is 2.63 bits per heavy atom. The molecule has 1 aliphatic carbocycles. The predicted molar refractivity (Wildman–Crippen MR) is 112 cm³/mol. The molecule has 0 amide bonds. The molecule has 1 N–H and O–H groups in total. The molecule has 1 saturated carbocycles. The van der Waals surface area contributed by atoms with Crippen LogP contribution in [0.5, 0.6) is 0 Å². The average molecular weight is 412 g/mol. The lowest BCUT2D eigenvalue weighted by molar-refractivity contribution is 0.345. The second-order valence-electron chi connectivity index (χ2n) is 8.65. The van der Waals surface area contributed by atoms with E-state index in [-0.39, 0.29) is 11.9 Å². The fourth-order valence-electron chi connectivity index (χ4n) is 4.12. The van der Waals surface area contributed by atoms with E-state index in [4.69, 9.17) is 0 Å². The van der Waals surface area contributed by atoms with Crippen molar-refractivity contribution in [3.05, 3.63) is 59.4 Å². The number of hydrogen-bond donors (Lipinski definition) is 1. The van der Waals surface area contributed by atoms with Crippen LogP contribution in [0.4, 0.5) is 4.39 Å². The maximum atomic E-state index is 13.3. The highest BCUT2D eigenvalue weighted by Crippen LogP contribution is 2.25. The smallest absolute Gasteiger partial charge is 0.173 e. The molecule has 1 aliphatic rings. The fraction of sp³-hybridized carbons (Fsp3) is 0.545. The van der Waals surface area contributed by atoms with Gasteiger partial charge in [0.1, 0.15) is 5.82 Å². The molecule has 0 aliphatic heterocycles. The van der Waals surface area contributed by atoms with Gasteiger partial charge in [0.2, 0.25) is 0 Å². The Hall–Kier alpha value is -2.61. The summed E-state index contributed by atoms with van der Waals surface area (Å²) in [4.78, 5) is 0. The zero-order valence-corrected chi connectivity index (χ0v) is 17.7. The van der Waals surface area contributed by atoms with Gasteiger partial charge in [0, 0.05) is 24.3 Å². The molecule has 3 aromatic rings. The second kappa shape index (κ2) is 9.47. The minimum atomic E-state index is -0.245. The van der Waals surface area contributed by atoms with Crippen LogP contribution in [0.3, 0.4) is 0 Å². The number of halogens is 1. The summed E-state index contributed by atoms with van der Waals surface area (Å²) in [6, 6.07) is 6.77. The molecule has 1 aromatic carbocycles. The molecule has 0 bridgehead atoms. The molecule has 2 heterocycles. The number of nitrogens with one attached hydrogen (secondary N) is 1. The van der Waals surface area contributed by atoms with Gasteiger partial charge < -0.3 is 5.32 Å². The van der Waals surface area contributed by atoms with Crippen molar-refractivity contribution in [2.75, 3.05) is 0 Å². The number of nitrogens with zero attached hydrogens (tertiary/aromatic N) is 6. The summed E-state index contributed by atoms with van der Waals surface area (Å²) < 4.78 is 17.1. The molecular weight excluding hydrogens is 381 g/mol. The fourth-order valence-corrected chi connectivity index (χ4v) is 4.12. The van der Waals surface area contributed by atoms with Crippen LogP contribution in [-0.2, 0) is 13.1 Å². The predicted octanol–water partition coefficient (Wildman–Crippen LogP) is 3.72. The summed E-state index contributed by atoms with van der Waals surface area (Å²) in [5.74, 6) is 1.03. The monoisotopic (exact) mass is 411 g/mol. The first-order valence-corrected chi connectivity index (χ1v) is 10.9. The molecule has 0 spiro atoms. The van der Waals surface area contributed by atoms with Gasteiger partial charge >= 0.3 is 0 Å². The Bertz CT molecular complexity index is 925. The maximum absolute atomic E-state index is 13.3. The van der Waals surface area contributed by atoms with Crippen LogP contribution in [0.15, 0.2) is 36.7 Å². The van der Waals surface area contributed by atoms with Crippen molar-refractivity contribution >= 4 is 0 Å². The first-order valence-electron chi connectivity index (χ1n) is 10.9. The number of rotatable bonds is 8. The van der Waals surface area contributed by atoms with E-state index in [0.29, 0.717) is 18.5 Å². The van der Waals surface area contributed by atoms with Crippen molar-refractivity contribution < 1.29 is 4.39 Å². The summed E-state index contributed by atoms with van der Waals surface area (Å²) >= 11 is 0. The van der Waals surface area contributed by atoms with Crippen LogP contribution in [0, 0.1) is 11.7 Å². The van der Waals surface area contributed by atoms with Crippen LogP contribution >= 0.6 is 0 Å². The minimum absolute atomic E-state index is 0.135. The van der Waals surface area contributed by atoms with Crippen molar-refractivity contribution in [3.8, 4) is 0 Å². The summed E-state index contributed by atoms with van der Waals surface area (Å²) in [6.45, 7) is 5.73. The number of benzene rings is 1. The molecular formula is C22H30FN7. The minimum Gasteiger partial charge on any atom is -0.301 e. The largest absolute Gasteiger partial charge is 0.301 e. The van der Waals surface area contributed by atoms with Gasteiger partial charge in [-0.1, -0.05) is 45.2 Å². The van der Waals surface area contributed by atoms with Crippen LogP contribution in [0.25, 0.3) is 0 Å². The topological polar surface area (TPSA) is 73.5 Å². The van der Waals surface area contributed by atoms with Crippen molar-refractivity contribution in [3.63, 3.8) is 0 Å². The molecule has 0 radical (unpaired) electrons. The lowest BCUT2D eigenvalue weighted by atomic mass is 9.94. The summed E-state index contributed by atoms with van der Waals surface area (Å²) in [7, 11) is 0. The maximum Gasteiger partial charge on any atom is 0.173 e. The molecule has 2 aromatic heterocycles. The van der Waals surface area contributed by atoms with E-state index in [9.17, 15) is 4.39 Å². The third-order valence-corrected chi connectivity index (χ3v) is 5.61. The Kier molecular flexibility index (Phi) is 6.52. The molecule has 1 fully saturated rings. The van der Waals surface area contributed by atoms with Gasteiger partial charge in [0.25, 0.3) is 0 Å². The standard InChI is InChI=1S/C22H30FN7/c1-16(2)13-29-15-18(12-24-29)21(25-20-6-4-3-5-7-20)22-26-27-28-30(22)14-17-8-10-19(23)11-9-17/h8-12,15-16,20-21,25H,3-7,13-14H2,1-2H3. The quantitative estimate of drug-likeness (QED) is 0.611. The van der Waals surface area contributed by atoms with Gasteiger partial charge in [0.15, 0.2) is 5.82 Å². The Balaban J connectivity index is 1.61. The summed E-state index contributed by atoms with van der Waals surface area (Å²) in [5.41, 5.74) is 2.02. The Labute approximate surface area is 176 Å². The lowest BCUT2D eigenvalue weighted by Gasteiger charge is -2.27. The SMILES string of the molecule is CC(C)Cn1cc(C(NC2CCCCC2)c2nnnn2Cc2ccc(F)cc2)cn1. The van der Waals surface area contributed by atoms with Gasteiger partial charge in [-0.25, -0.2) is 9.07 Å². The van der Waals surface area contributed by atoms with E-state index < -0.39 is 0 Å². The zero-order valence-electron chi connectivity index (χ0n) is 17.7. The van der Waals surface area contributed by atoms with Crippen LogP contribution in [0.2, 0.25) is 0 Å². The van der Waals surface area contributed by atoms with Gasteiger partial charge in [0.05, 0.1) is 18.8 Å². The Morgan fingerprint density at radius 2 is 1.90 bits per heavy atom. The molecule has 30 heavy (non-hydrogen) atoms.